The summed E-state index contributed by atoms with van der Waals surface area (Å²) in [6, 6.07) is 97.7. The van der Waals surface area contributed by atoms with Gasteiger partial charge in [-0.15, -0.1) is 0 Å². The smallest absolute Gasteiger partial charge is 0.143 e. The summed E-state index contributed by atoms with van der Waals surface area (Å²) in [7, 11) is 0. The summed E-state index contributed by atoms with van der Waals surface area (Å²) in [5.74, 6) is 0. The summed E-state index contributed by atoms with van der Waals surface area (Å²) in [6.07, 6.45) is 0. The minimum Gasteiger partial charge on any atom is -0.456 e. The van der Waals surface area contributed by atoms with Crippen LogP contribution in [0.1, 0.15) is 6.85 Å². The second kappa shape index (κ2) is 20.5. The van der Waals surface area contributed by atoms with Gasteiger partial charge in [0.1, 0.15) is 22.3 Å². The number of fused-ring (bicyclic) bond motifs is 10. The van der Waals surface area contributed by atoms with E-state index in [4.69, 9.17) is 15.7 Å². The van der Waals surface area contributed by atoms with E-state index in [0.29, 0.717) is 5.56 Å². The Morgan fingerprint density at radius 2 is 0.595 bits per heavy atom. The summed E-state index contributed by atoms with van der Waals surface area (Å²) in [4.78, 5) is 0. The summed E-state index contributed by atoms with van der Waals surface area (Å²) in [5.41, 5.74) is 17.9. The number of furan rings is 2. The Morgan fingerprint density at radius 3 is 1.10 bits per heavy atom. The third-order valence-electron chi connectivity index (χ3n) is 16.6. The maximum Gasteiger partial charge on any atom is 0.143 e. The molecule has 0 aliphatic rings. The van der Waals surface area contributed by atoms with Gasteiger partial charge in [0.2, 0.25) is 0 Å². The SMILES string of the molecule is [2H]c1c([2H])c([2H])c(-c2c3ccccc3c(-c3ccc4oc5c(-c6ccccc6)ccc(-c6ccccc6)c5c4c3)c3ccccc23)c([2H])c1[2H].c1ccc(-c2ccc3c(c2)oc2ccc(-c4c5ccccc5c(-c5ccccc5)c5ccccc45)cc23)cc1. The van der Waals surface area contributed by atoms with Crippen LogP contribution < -0.4 is 0 Å². The number of hydrogen-bond donors (Lipinski definition) is 0. The Morgan fingerprint density at radius 1 is 0.214 bits per heavy atom. The zero-order chi connectivity index (χ0) is 59.9. The predicted molar refractivity (Wildman–Crippen MR) is 356 cm³/mol. The molecule has 0 radical (unpaired) electrons. The van der Waals surface area contributed by atoms with E-state index in [1.54, 1.807) is 0 Å². The second-order valence-corrected chi connectivity index (χ2v) is 21.3. The largest absolute Gasteiger partial charge is 0.456 e. The van der Waals surface area contributed by atoms with Crippen LogP contribution in [0.25, 0.3) is 165 Å². The van der Waals surface area contributed by atoms with Gasteiger partial charge in [0.15, 0.2) is 0 Å². The average Bonchev–Trinajstić information content (AvgIpc) is 1.87. The fourth-order valence-corrected chi connectivity index (χ4v) is 12.9. The first kappa shape index (κ1) is 43.7. The Bertz CT molecular complexity index is 5520. The van der Waals surface area contributed by atoms with Gasteiger partial charge in [-0.3, -0.25) is 0 Å². The van der Waals surface area contributed by atoms with Crippen LogP contribution in [0.15, 0.2) is 324 Å². The molecular formula is C82H52O2. The highest BCUT2D eigenvalue weighted by molar-refractivity contribution is 6.24. The molecule has 0 fully saturated rings. The van der Waals surface area contributed by atoms with Crippen molar-refractivity contribution in [3.8, 4) is 77.9 Å². The lowest BCUT2D eigenvalue weighted by Crippen LogP contribution is -1.90. The Labute approximate surface area is 493 Å². The van der Waals surface area contributed by atoms with Crippen molar-refractivity contribution in [3.05, 3.63) is 315 Å². The molecule has 2 heterocycles. The van der Waals surface area contributed by atoms with Gasteiger partial charge < -0.3 is 8.83 Å². The zero-order valence-corrected chi connectivity index (χ0v) is 45.5. The van der Waals surface area contributed by atoms with Crippen LogP contribution in [0.4, 0.5) is 0 Å². The van der Waals surface area contributed by atoms with E-state index in [1.807, 2.05) is 72.8 Å². The van der Waals surface area contributed by atoms with Crippen molar-refractivity contribution >= 4 is 87.0 Å². The van der Waals surface area contributed by atoms with Gasteiger partial charge in [0.05, 0.1) is 6.85 Å². The molecular weight excluding hydrogens is 1020 g/mol. The van der Waals surface area contributed by atoms with Crippen LogP contribution >= 0.6 is 0 Å². The van der Waals surface area contributed by atoms with E-state index in [-0.39, 0.29) is 29.7 Å². The quantitative estimate of drug-likeness (QED) is 0.149. The first-order chi connectivity index (χ1) is 43.8. The van der Waals surface area contributed by atoms with Gasteiger partial charge >= 0.3 is 0 Å². The molecule has 0 aliphatic heterocycles. The molecule has 0 saturated carbocycles. The summed E-state index contributed by atoms with van der Waals surface area (Å²) in [6.45, 7) is 0. The maximum atomic E-state index is 8.88. The first-order valence-corrected chi connectivity index (χ1v) is 28.4. The van der Waals surface area contributed by atoms with Crippen molar-refractivity contribution < 1.29 is 15.7 Å². The molecule has 17 aromatic rings. The van der Waals surface area contributed by atoms with Crippen molar-refractivity contribution in [2.75, 3.05) is 0 Å². The summed E-state index contributed by atoms with van der Waals surface area (Å²) >= 11 is 0. The molecule has 0 spiro atoms. The molecule has 2 heteroatoms. The third-order valence-corrected chi connectivity index (χ3v) is 16.6. The van der Waals surface area contributed by atoms with Gasteiger partial charge in [-0.05, 0) is 158 Å². The first-order valence-electron chi connectivity index (χ1n) is 30.9. The van der Waals surface area contributed by atoms with Crippen LogP contribution in [0, 0.1) is 0 Å². The molecule has 84 heavy (non-hydrogen) atoms. The Hall–Kier alpha value is -11.1. The number of benzene rings is 15. The second-order valence-electron chi connectivity index (χ2n) is 21.3. The van der Waals surface area contributed by atoms with E-state index >= 15 is 0 Å². The molecule has 2 nitrogen and oxygen atoms in total. The van der Waals surface area contributed by atoms with Crippen LogP contribution in [0.2, 0.25) is 0 Å². The van der Waals surface area contributed by atoms with Crippen LogP contribution in [0.3, 0.4) is 0 Å². The molecule has 0 saturated heterocycles. The lowest BCUT2D eigenvalue weighted by atomic mass is 9.85. The monoisotopic (exact) mass is 1070 g/mol. The molecule has 0 amide bonds. The highest BCUT2D eigenvalue weighted by Gasteiger charge is 2.22. The van der Waals surface area contributed by atoms with Gasteiger partial charge in [-0.1, -0.05) is 273 Å². The molecule has 392 valence electrons. The Balaban J connectivity index is 0.000000147. The lowest BCUT2D eigenvalue weighted by molar-refractivity contribution is 0.669. The van der Waals surface area contributed by atoms with Gasteiger partial charge in [-0.2, -0.15) is 0 Å². The lowest BCUT2D eigenvalue weighted by Gasteiger charge is -2.17. The van der Waals surface area contributed by atoms with E-state index < -0.39 is 6.04 Å². The van der Waals surface area contributed by atoms with Crippen molar-refractivity contribution in [3.63, 3.8) is 0 Å². The minimum absolute atomic E-state index is 0.201. The normalized spacial score (nSPS) is 12.4. The number of rotatable bonds is 7. The van der Waals surface area contributed by atoms with Crippen molar-refractivity contribution in [1.82, 2.24) is 0 Å². The van der Waals surface area contributed by atoms with Crippen molar-refractivity contribution in [2.24, 2.45) is 0 Å². The summed E-state index contributed by atoms with van der Waals surface area (Å²) in [5, 5.41) is 12.8. The molecule has 0 aliphatic carbocycles. The minimum atomic E-state index is -0.403. The van der Waals surface area contributed by atoms with Crippen LogP contribution in [-0.2, 0) is 0 Å². The van der Waals surface area contributed by atoms with E-state index in [2.05, 4.69) is 212 Å². The predicted octanol–water partition coefficient (Wildman–Crippen LogP) is 23.5. The molecule has 2 aromatic heterocycles. The van der Waals surface area contributed by atoms with Crippen LogP contribution in [-0.4, -0.2) is 0 Å². The van der Waals surface area contributed by atoms with E-state index in [9.17, 15) is 0 Å². The third kappa shape index (κ3) is 8.26. The summed E-state index contributed by atoms with van der Waals surface area (Å²) < 4.78 is 55.9. The fourth-order valence-electron chi connectivity index (χ4n) is 12.9. The fraction of sp³-hybridized carbons (Fsp3) is 0. The Kier molecular flexibility index (Phi) is 10.7. The average molecular weight is 1070 g/mol. The maximum absolute atomic E-state index is 8.88. The molecule has 15 aromatic carbocycles. The van der Waals surface area contributed by atoms with Gasteiger partial charge in [0, 0.05) is 27.1 Å². The van der Waals surface area contributed by atoms with E-state index in [1.165, 1.54) is 49.4 Å². The van der Waals surface area contributed by atoms with Crippen LogP contribution in [0.5, 0.6) is 0 Å². The number of hydrogen-bond acceptors (Lipinski definition) is 2. The van der Waals surface area contributed by atoms with Gasteiger partial charge in [0.25, 0.3) is 0 Å². The molecule has 0 unspecified atom stereocenters. The molecule has 0 atom stereocenters. The molecule has 17 rings (SSSR count). The van der Waals surface area contributed by atoms with Crippen molar-refractivity contribution in [1.29, 1.82) is 0 Å². The van der Waals surface area contributed by atoms with Crippen molar-refractivity contribution in [2.45, 2.75) is 0 Å². The zero-order valence-electron chi connectivity index (χ0n) is 50.5. The van der Waals surface area contributed by atoms with E-state index in [0.717, 1.165) is 104 Å². The molecule has 0 N–H and O–H groups in total. The standard InChI is InChI=1S/C44H28O.C38H24O/c1-4-14-29(15-5-1)33-25-26-34(30-16-6-2-7-17-30)44-43(33)39-28-32(24-27-40(39)45-44)42-37-22-12-10-20-35(37)41(31-18-8-3-9-19-31)36-21-11-13-23-38(36)42;1-3-11-25(12-4-1)27-19-21-29-34-23-28(20-22-35(34)39-36(29)24-27)38-32-17-9-7-15-30(32)37(26-13-5-2-6-14-26)31-16-8-10-18-33(31)38/h1-28H;1-24H/i3D,8D,9D,18D,19D;. The highest BCUT2D eigenvalue weighted by atomic mass is 16.3. The topological polar surface area (TPSA) is 26.3 Å². The van der Waals surface area contributed by atoms with Gasteiger partial charge in [-0.25, -0.2) is 0 Å². The highest BCUT2D eigenvalue weighted by Crippen LogP contribution is 2.48. The molecule has 0 bridgehead atoms.